The van der Waals surface area contributed by atoms with Crippen molar-refractivity contribution >= 4 is 12.4 Å². The fourth-order valence-electron chi connectivity index (χ4n) is 4.62. The number of rotatable bonds is 7. The highest BCUT2D eigenvalue weighted by molar-refractivity contribution is 5.85. The Morgan fingerprint density at radius 3 is 2.51 bits per heavy atom. The number of tetrazole rings is 1. The molecule has 35 heavy (non-hydrogen) atoms. The van der Waals surface area contributed by atoms with Gasteiger partial charge in [0.15, 0.2) is 17.3 Å². The molecular formula is C25H32ClFN6O2. The third-order valence-corrected chi connectivity index (χ3v) is 6.99. The van der Waals surface area contributed by atoms with Crippen molar-refractivity contribution in [1.82, 2.24) is 30.0 Å². The predicted octanol–water partition coefficient (Wildman–Crippen LogP) is 4.02. The molecule has 0 N–H and O–H groups in total. The minimum Gasteiger partial charge on any atom is -0.454 e. The lowest BCUT2D eigenvalue weighted by Crippen LogP contribution is -2.48. The first-order valence-corrected chi connectivity index (χ1v) is 11.8. The maximum absolute atomic E-state index is 15.0. The average Bonchev–Trinajstić information content (AvgIpc) is 3.51. The smallest absolute Gasteiger partial charge is 0.231 e. The second-order valence-electron chi connectivity index (χ2n) is 9.54. The van der Waals surface area contributed by atoms with Crippen LogP contribution in [0.15, 0.2) is 42.5 Å². The minimum absolute atomic E-state index is 0. The first kappa shape index (κ1) is 25.3. The van der Waals surface area contributed by atoms with E-state index in [2.05, 4.69) is 58.2 Å². The van der Waals surface area contributed by atoms with E-state index in [1.807, 2.05) is 22.9 Å². The van der Waals surface area contributed by atoms with Gasteiger partial charge >= 0.3 is 0 Å². The summed E-state index contributed by atoms with van der Waals surface area (Å²) < 4.78 is 27.8. The van der Waals surface area contributed by atoms with Crippen molar-refractivity contribution < 1.29 is 13.9 Å². The van der Waals surface area contributed by atoms with Gasteiger partial charge in [-0.05, 0) is 54.5 Å². The van der Waals surface area contributed by atoms with Crippen LogP contribution in [-0.2, 0) is 12.1 Å². The van der Waals surface area contributed by atoms with E-state index in [1.165, 1.54) is 11.6 Å². The third-order valence-electron chi connectivity index (χ3n) is 6.99. The van der Waals surface area contributed by atoms with Gasteiger partial charge in [-0.1, -0.05) is 31.2 Å². The van der Waals surface area contributed by atoms with Crippen LogP contribution < -0.4 is 9.47 Å². The molecule has 2 aliphatic rings. The quantitative estimate of drug-likeness (QED) is 0.483. The van der Waals surface area contributed by atoms with Crippen LogP contribution in [0.25, 0.3) is 0 Å². The SMILES string of the molecule is CCC(C)(C)n1nnnc1C(c1ccccc1F)N1CCN(Cc2ccc3c(c2)OCO3)CC1.Cl. The van der Waals surface area contributed by atoms with Crippen LogP contribution in [0.3, 0.4) is 0 Å². The Bertz CT molecular complexity index is 1150. The maximum atomic E-state index is 15.0. The Morgan fingerprint density at radius 2 is 1.77 bits per heavy atom. The zero-order valence-electron chi connectivity index (χ0n) is 20.4. The molecule has 3 heterocycles. The van der Waals surface area contributed by atoms with Gasteiger partial charge in [0.25, 0.3) is 0 Å². The first-order valence-electron chi connectivity index (χ1n) is 11.8. The Morgan fingerprint density at radius 1 is 1.03 bits per heavy atom. The minimum atomic E-state index is -0.352. The van der Waals surface area contributed by atoms with E-state index in [0.29, 0.717) is 11.4 Å². The molecular weight excluding hydrogens is 471 g/mol. The largest absolute Gasteiger partial charge is 0.454 e. The van der Waals surface area contributed by atoms with Crippen LogP contribution in [0.1, 0.15) is 50.2 Å². The summed E-state index contributed by atoms with van der Waals surface area (Å²) in [6, 6.07) is 12.7. The predicted molar refractivity (Wildman–Crippen MR) is 132 cm³/mol. The average molecular weight is 503 g/mol. The summed E-state index contributed by atoms with van der Waals surface area (Å²) in [5.74, 6) is 2.05. The van der Waals surface area contributed by atoms with Gasteiger partial charge in [-0.25, -0.2) is 9.07 Å². The van der Waals surface area contributed by atoms with E-state index >= 15 is 4.39 Å². The summed E-state index contributed by atoms with van der Waals surface area (Å²) in [5, 5.41) is 12.7. The fraction of sp³-hybridized carbons (Fsp3) is 0.480. The summed E-state index contributed by atoms with van der Waals surface area (Å²) in [5.41, 5.74) is 1.52. The molecule has 0 radical (unpaired) electrons. The van der Waals surface area contributed by atoms with Gasteiger partial charge in [-0.15, -0.1) is 17.5 Å². The highest BCUT2D eigenvalue weighted by Gasteiger charge is 2.35. The number of halogens is 2. The van der Waals surface area contributed by atoms with Crippen molar-refractivity contribution in [3.05, 3.63) is 65.2 Å². The van der Waals surface area contributed by atoms with Crippen LogP contribution in [0.2, 0.25) is 0 Å². The number of fused-ring (bicyclic) bond motifs is 1. The monoisotopic (exact) mass is 502 g/mol. The van der Waals surface area contributed by atoms with Gasteiger partial charge in [-0.3, -0.25) is 9.80 Å². The van der Waals surface area contributed by atoms with Gasteiger partial charge in [-0.2, -0.15) is 0 Å². The topological polar surface area (TPSA) is 68.5 Å². The summed E-state index contributed by atoms with van der Waals surface area (Å²) in [6.45, 7) is 10.7. The molecule has 1 aromatic heterocycles. The second kappa shape index (κ2) is 10.5. The lowest BCUT2D eigenvalue weighted by Gasteiger charge is -2.39. The molecule has 0 spiro atoms. The highest BCUT2D eigenvalue weighted by Crippen LogP contribution is 2.34. The van der Waals surface area contributed by atoms with Crippen LogP contribution in [0.5, 0.6) is 11.5 Å². The van der Waals surface area contributed by atoms with Crippen molar-refractivity contribution in [3.63, 3.8) is 0 Å². The number of hydrogen-bond acceptors (Lipinski definition) is 7. The molecule has 1 saturated heterocycles. The van der Waals surface area contributed by atoms with E-state index in [9.17, 15) is 0 Å². The number of nitrogens with zero attached hydrogens (tertiary/aromatic N) is 6. The summed E-state index contributed by atoms with van der Waals surface area (Å²) in [6.07, 6.45) is 0.859. The Hall–Kier alpha value is -2.75. The first-order chi connectivity index (χ1) is 16.5. The third kappa shape index (κ3) is 5.12. The molecule has 188 valence electrons. The number of ether oxygens (including phenoxy) is 2. The second-order valence-corrected chi connectivity index (χ2v) is 9.54. The van der Waals surface area contributed by atoms with E-state index in [0.717, 1.165) is 50.6 Å². The van der Waals surface area contributed by atoms with Crippen molar-refractivity contribution in [1.29, 1.82) is 0 Å². The van der Waals surface area contributed by atoms with Crippen molar-refractivity contribution in [2.75, 3.05) is 33.0 Å². The zero-order chi connectivity index (χ0) is 23.7. The van der Waals surface area contributed by atoms with E-state index in [4.69, 9.17) is 9.47 Å². The van der Waals surface area contributed by atoms with Crippen LogP contribution in [-0.4, -0.2) is 63.0 Å². The number of benzene rings is 2. The standard InChI is InChI=1S/C25H31FN6O2.ClH/c1-4-25(2,3)32-24(27-28-29-32)23(19-7-5-6-8-20(19)26)31-13-11-30(12-14-31)16-18-9-10-21-22(15-18)34-17-33-21;/h5-10,15,23H,4,11-14,16-17H2,1-3H3;1H. The summed E-state index contributed by atoms with van der Waals surface area (Å²) >= 11 is 0. The molecule has 2 aliphatic heterocycles. The van der Waals surface area contributed by atoms with E-state index in [-0.39, 0.29) is 36.6 Å². The summed E-state index contributed by atoms with van der Waals surface area (Å²) in [4.78, 5) is 4.70. The van der Waals surface area contributed by atoms with Gasteiger partial charge in [0.1, 0.15) is 11.9 Å². The van der Waals surface area contributed by atoms with Crippen LogP contribution in [0.4, 0.5) is 4.39 Å². The molecule has 0 bridgehead atoms. The van der Waals surface area contributed by atoms with E-state index in [1.54, 1.807) is 6.07 Å². The Labute approximate surface area is 211 Å². The molecule has 1 unspecified atom stereocenters. The van der Waals surface area contributed by atoms with Gasteiger partial charge in [0, 0.05) is 38.3 Å². The normalized spacial score (nSPS) is 17.3. The molecule has 10 heteroatoms. The molecule has 1 fully saturated rings. The van der Waals surface area contributed by atoms with Crippen molar-refractivity contribution in [2.45, 2.75) is 45.3 Å². The molecule has 0 amide bonds. The molecule has 0 aliphatic carbocycles. The fourth-order valence-corrected chi connectivity index (χ4v) is 4.62. The Kier molecular flexibility index (Phi) is 7.59. The number of hydrogen-bond donors (Lipinski definition) is 0. The highest BCUT2D eigenvalue weighted by atomic mass is 35.5. The maximum Gasteiger partial charge on any atom is 0.231 e. The van der Waals surface area contributed by atoms with E-state index < -0.39 is 0 Å². The van der Waals surface area contributed by atoms with Gasteiger partial charge in [0.2, 0.25) is 6.79 Å². The molecule has 0 saturated carbocycles. The number of piperazine rings is 1. The van der Waals surface area contributed by atoms with Crippen molar-refractivity contribution in [2.24, 2.45) is 0 Å². The molecule has 5 rings (SSSR count). The van der Waals surface area contributed by atoms with Crippen molar-refractivity contribution in [3.8, 4) is 11.5 Å². The Balaban J connectivity index is 0.00000289. The van der Waals surface area contributed by atoms with Crippen LogP contribution >= 0.6 is 12.4 Å². The molecule has 8 nitrogen and oxygen atoms in total. The molecule has 1 atom stereocenters. The summed E-state index contributed by atoms with van der Waals surface area (Å²) in [7, 11) is 0. The molecule has 3 aromatic rings. The van der Waals surface area contributed by atoms with Gasteiger partial charge in [0.05, 0.1) is 5.54 Å². The lowest BCUT2D eigenvalue weighted by atomic mass is 9.98. The van der Waals surface area contributed by atoms with Crippen LogP contribution in [0, 0.1) is 5.82 Å². The lowest BCUT2D eigenvalue weighted by molar-refractivity contribution is 0.0959. The molecule has 2 aromatic carbocycles. The zero-order valence-corrected chi connectivity index (χ0v) is 21.2. The van der Waals surface area contributed by atoms with Gasteiger partial charge < -0.3 is 9.47 Å². The number of aromatic nitrogens is 4.